The SMILES string of the molecule is Cc1cscc1CNC(=O)NCCC(=O)O. The Bertz CT molecular complexity index is 376. The molecule has 0 bridgehead atoms. The van der Waals surface area contributed by atoms with Crippen LogP contribution in [-0.4, -0.2) is 23.7 Å². The number of hydrogen-bond donors (Lipinski definition) is 3. The highest BCUT2D eigenvalue weighted by Gasteiger charge is 2.03. The Kier molecular flexibility index (Phi) is 4.78. The third-order valence-corrected chi connectivity index (χ3v) is 2.94. The summed E-state index contributed by atoms with van der Waals surface area (Å²) in [6.07, 6.45) is -0.0646. The molecule has 5 nitrogen and oxygen atoms in total. The van der Waals surface area contributed by atoms with Crippen molar-refractivity contribution in [1.82, 2.24) is 10.6 Å². The van der Waals surface area contributed by atoms with Gasteiger partial charge in [-0.05, 0) is 28.8 Å². The van der Waals surface area contributed by atoms with Crippen LogP contribution in [0.1, 0.15) is 17.5 Å². The van der Waals surface area contributed by atoms with Gasteiger partial charge in [0.15, 0.2) is 0 Å². The molecule has 3 N–H and O–H groups in total. The summed E-state index contributed by atoms with van der Waals surface area (Å²) >= 11 is 1.59. The molecular formula is C10H14N2O3S. The molecule has 0 aliphatic heterocycles. The van der Waals surface area contributed by atoms with E-state index in [1.807, 2.05) is 17.7 Å². The molecule has 0 saturated heterocycles. The Labute approximate surface area is 97.5 Å². The quantitative estimate of drug-likeness (QED) is 0.729. The Morgan fingerprint density at radius 2 is 2.12 bits per heavy atom. The summed E-state index contributed by atoms with van der Waals surface area (Å²) in [5.74, 6) is -0.922. The van der Waals surface area contributed by atoms with E-state index in [1.54, 1.807) is 11.3 Å². The van der Waals surface area contributed by atoms with Crippen molar-refractivity contribution >= 4 is 23.3 Å². The smallest absolute Gasteiger partial charge is 0.315 e. The van der Waals surface area contributed by atoms with Crippen LogP contribution in [0.3, 0.4) is 0 Å². The van der Waals surface area contributed by atoms with Crippen LogP contribution in [0.25, 0.3) is 0 Å². The number of aliphatic carboxylic acids is 1. The van der Waals surface area contributed by atoms with Gasteiger partial charge in [-0.2, -0.15) is 11.3 Å². The highest BCUT2D eigenvalue weighted by molar-refractivity contribution is 7.08. The third-order valence-electron chi connectivity index (χ3n) is 2.03. The first-order chi connectivity index (χ1) is 7.59. The van der Waals surface area contributed by atoms with Crippen molar-refractivity contribution in [3.63, 3.8) is 0 Å². The normalized spacial score (nSPS) is 9.81. The molecule has 88 valence electrons. The topological polar surface area (TPSA) is 78.4 Å². The zero-order valence-electron chi connectivity index (χ0n) is 8.95. The minimum Gasteiger partial charge on any atom is -0.481 e. The minimum atomic E-state index is -0.922. The summed E-state index contributed by atoms with van der Waals surface area (Å²) in [7, 11) is 0. The zero-order chi connectivity index (χ0) is 12.0. The van der Waals surface area contributed by atoms with Gasteiger partial charge >= 0.3 is 12.0 Å². The number of nitrogens with one attached hydrogen (secondary N) is 2. The second-order valence-electron chi connectivity index (χ2n) is 3.33. The van der Waals surface area contributed by atoms with Gasteiger partial charge in [-0.25, -0.2) is 4.79 Å². The zero-order valence-corrected chi connectivity index (χ0v) is 9.76. The Balaban J connectivity index is 2.20. The molecule has 0 aliphatic carbocycles. The summed E-state index contributed by atoms with van der Waals surface area (Å²) in [6.45, 7) is 2.59. The Morgan fingerprint density at radius 1 is 1.38 bits per heavy atom. The number of urea groups is 1. The van der Waals surface area contributed by atoms with Crippen LogP contribution in [0.5, 0.6) is 0 Å². The fourth-order valence-corrected chi connectivity index (χ4v) is 1.95. The van der Waals surface area contributed by atoms with Gasteiger partial charge in [0.1, 0.15) is 0 Å². The maximum atomic E-state index is 11.2. The summed E-state index contributed by atoms with van der Waals surface area (Å²) in [4.78, 5) is 21.4. The van der Waals surface area contributed by atoms with E-state index in [2.05, 4.69) is 10.6 Å². The highest BCUT2D eigenvalue weighted by Crippen LogP contribution is 2.12. The molecule has 1 heterocycles. The van der Waals surface area contributed by atoms with Crippen LogP contribution in [0, 0.1) is 6.92 Å². The first-order valence-electron chi connectivity index (χ1n) is 4.84. The molecule has 0 radical (unpaired) electrons. The lowest BCUT2D eigenvalue weighted by Gasteiger charge is -2.06. The van der Waals surface area contributed by atoms with Crippen LogP contribution < -0.4 is 10.6 Å². The van der Waals surface area contributed by atoms with E-state index in [0.717, 1.165) is 11.1 Å². The Morgan fingerprint density at radius 3 is 2.69 bits per heavy atom. The van der Waals surface area contributed by atoms with Gasteiger partial charge in [0.25, 0.3) is 0 Å². The molecule has 0 aromatic carbocycles. The van der Waals surface area contributed by atoms with Crippen LogP contribution in [0.2, 0.25) is 0 Å². The third kappa shape index (κ3) is 4.31. The van der Waals surface area contributed by atoms with Gasteiger partial charge in [0.2, 0.25) is 0 Å². The average Bonchev–Trinajstić information content (AvgIpc) is 2.60. The van der Waals surface area contributed by atoms with Gasteiger partial charge in [0, 0.05) is 13.1 Å². The molecule has 2 amide bonds. The number of aryl methyl sites for hydroxylation is 1. The monoisotopic (exact) mass is 242 g/mol. The van der Waals surface area contributed by atoms with Crippen molar-refractivity contribution in [2.75, 3.05) is 6.54 Å². The van der Waals surface area contributed by atoms with Gasteiger partial charge in [-0.3, -0.25) is 4.79 Å². The summed E-state index contributed by atoms with van der Waals surface area (Å²) < 4.78 is 0. The molecule has 6 heteroatoms. The lowest BCUT2D eigenvalue weighted by atomic mass is 10.2. The van der Waals surface area contributed by atoms with E-state index in [-0.39, 0.29) is 19.0 Å². The summed E-state index contributed by atoms with van der Waals surface area (Å²) in [6, 6.07) is -0.341. The van der Waals surface area contributed by atoms with Crippen LogP contribution in [0.15, 0.2) is 10.8 Å². The van der Waals surface area contributed by atoms with Crippen LogP contribution >= 0.6 is 11.3 Å². The first kappa shape index (κ1) is 12.5. The van der Waals surface area contributed by atoms with E-state index in [9.17, 15) is 9.59 Å². The molecule has 0 aliphatic rings. The first-order valence-corrected chi connectivity index (χ1v) is 5.79. The minimum absolute atomic E-state index is 0.0646. The fraction of sp³-hybridized carbons (Fsp3) is 0.400. The standard InChI is InChI=1S/C10H14N2O3S/c1-7-5-16-6-8(7)4-12-10(15)11-3-2-9(13)14/h5-6H,2-4H2,1H3,(H,13,14)(H2,11,12,15). The van der Waals surface area contributed by atoms with Crippen molar-refractivity contribution in [2.45, 2.75) is 19.9 Å². The number of carbonyl (C=O) groups is 2. The molecule has 1 rings (SSSR count). The Hall–Kier alpha value is -1.56. The lowest BCUT2D eigenvalue weighted by Crippen LogP contribution is -2.36. The second-order valence-corrected chi connectivity index (χ2v) is 4.08. The van der Waals surface area contributed by atoms with Gasteiger partial charge in [0.05, 0.1) is 6.42 Å². The number of hydrogen-bond acceptors (Lipinski definition) is 3. The second kappa shape index (κ2) is 6.12. The molecule has 1 aromatic heterocycles. The lowest BCUT2D eigenvalue weighted by molar-refractivity contribution is -0.136. The number of amides is 2. The number of thiophene rings is 1. The molecule has 0 fully saturated rings. The predicted molar refractivity (Wildman–Crippen MR) is 61.5 cm³/mol. The van der Waals surface area contributed by atoms with Gasteiger partial charge < -0.3 is 15.7 Å². The summed E-state index contributed by atoms with van der Waals surface area (Å²) in [5, 5.41) is 17.5. The molecule has 1 aromatic rings. The largest absolute Gasteiger partial charge is 0.481 e. The molecule has 0 saturated carbocycles. The number of rotatable bonds is 5. The fourth-order valence-electron chi connectivity index (χ4n) is 1.09. The van der Waals surface area contributed by atoms with E-state index in [0.29, 0.717) is 6.54 Å². The predicted octanol–water partition coefficient (Wildman–Crippen LogP) is 1.33. The highest BCUT2D eigenvalue weighted by atomic mass is 32.1. The van der Waals surface area contributed by atoms with E-state index in [4.69, 9.17) is 5.11 Å². The molecule has 0 unspecified atom stereocenters. The number of carboxylic acid groups (broad SMARTS) is 1. The van der Waals surface area contributed by atoms with Crippen LogP contribution in [0.4, 0.5) is 4.79 Å². The van der Waals surface area contributed by atoms with Crippen molar-refractivity contribution in [2.24, 2.45) is 0 Å². The van der Waals surface area contributed by atoms with E-state index in [1.165, 1.54) is 0 Å². The van der Waals surface area contributed by atoms with E-state index < -0.39 is 5.97 Å². The number of carbonyl (C=O) groups excluding carboxylic acids is 1. The molecule has 16 heavy (non-hydrogen) atoms. The van der Waals surface area contributed by atoms with Gasteiger partial charge in [-0.1, -0.05) is 0 Å². The molecule has 0 spiro atoms. The maximum absolute atomic E-state index is 11.2. The molecule has 0 atom stereocenters. The van der Waals surface area contributed by atoms with Gasteiger partial charge in [-0.15, -0.1) is 0 Å². The summed E-state index contributed by atoms with van der Waals surface area (Å²) in [5.41, 5.74) is 2.23. The van der Waals surface area contributed by atoms with E-state index >= 15 is 0 Å². The molecular weight excluding hydrogens is 228 g/mol. The van der Waals surface area contributed by atoms with Crippen LogP contribution in [-0.2, 0) is 11.3 Å². The maximum Gasteiger partial charge on any atom is 0.315 e. The number of carboxylic acids is 1. The van der Waals surface area contributed by atoms with Crippen molar-refractivity contribution in [3.8, 4) is 0 Å². The van der Waals surface area contributed by atoms with Crippen molar-refractivity contribution in [3.05, 3.63) is 21.9 Å². The van der Waals surface area contributed by atoms with Crippen molar-refractivity contribution in [1.29, 1.82) is 0 Å². The average molecular weight is 242 g/mol. The van der Waals surface area contributed by atoms with Crippen molar-refractivity contribution < 1.29 is 14.7 Å².